The van der Waals surface area contributed by atoms with Crippen LogP contribution in [0.15, 0.2) is 22.0 Å². The summed E-state index contributed by atoms with van der Waals surface area (Å²) in [6.07, 6.45) is 9.62. The first kappa shape index (κ1) is 32.2. The molecule has 2 nitrogen and oxygen atoms in total. The molecule has 2 fully saturated rings. The first-order chi connectivity index (χ1) is 16.8. The Labute approximate surface area is 237 Å². The molecule has 4 atom stereocenters. The van der Waals surface area contributed by atoms with Crippen LogP contribution in [0.3, 0.4) is 0 Å². The van der Waals surface area contributed by atoms with Crippen LogP contribution in [-0.4, -0.2) is 64.0 Å². The second kappa shape index (κ2) is 11.5. The van der Waals surface area contributed by atoms with Crippen LogP contribution in [0.5, 0.6) is 0 Å². The number of nitrogens with one attached hydrogen (secondary N) is 2. The van der Waals surface area contributed by atoms with Gasteiger partial charge in [-0.05, 0) is 80.2 Å². The Hall–Kier alpha value is 0.694. The molecule has 4 unspecified atom stereocenters. The van der Waals surface area contributed by atoms with E-state index in [1.165, 1.54) is 58.0 Å². The first-order valence-corrected chi connectivity index (χ1v) is 24.3. The van der Waals surface area contributed by atoms with E-state index in [2.05, 4.69) is 107 Å². The molecule has 2 heterocycles. The fraction of sp³-hybridized carbons (Fsp3) is 0.871. The molecule has 2 saturated heterocycles. The van der Waals surface area contributed by atoms with Crippen molar-refractivity contribution in [3.63, 3.8) is 0 Å². The van der Waals surface area contributed by atoms with Gasteiger partial charge in [0.25, 0.3) is 0 Å². The Morgan fingerprint density at radius 2 is 1.27 bits per heavy atom. The number of hydrogen-bond acceptors (Lipinski definition) is 2. The lowest BCUT2D eigenvalue weighted by molar-refractivity contribution is 0.213. The second-order valence-corrected chi connectivity index (χ2v) is 31.4. The molecule has 0 saturated carbocycles. The third kappa shape index (κ3) is 7.13. The van der Waals surface area contributed by atoms with Crippen LogP contribution in [0, 0.1) is 17.8 Å². The normalized spacial score (nSPS) is 28.5. The average molecular weight is 581 g/mol. The van der Waals surface area contributed by atoms with Crippen LogP contribution in [0.2, 0.25) is 39.3 Å². The van der Waals surface area contributed by atoms with E-state index in [0.717, 1.165) is 0 Å². The summed E-state index contributed by atoms with van der Waals surface area (Å²) in [5, 5.41) is 12.4. The molecule has 0 radical (unpaired) electrons. The highest BCUT2D eigenvalue weighted by Gasteiger charge is 2.52. The predicted molar refractivity (Wildman–Crippen MR) is 180 cm³/mol. The summed E-state index contributed by atoms with van der Waals surface area (Å²) in [5.41, 5.74) is 1.84. The van der Waals surface area contributed by atoms with Gasteiger partial charge >= 0.3 is 0 Å². The minimum Gasteiger partial charge on any atom is -0.316 e. The third-order valence-electron chi connectivity index (χ3n) is 9.36. The molecular formula is C31H62N2P2Si2. The van der Waals surface area contributed by atoms with Gasteiger partial charge in [0.05, 0.1) is 16.1 Å². The van der Waals surface area contributed by atoms with Crippen LogP contribution < -0.4 is 10.6 Å². The Morgan fingerprint density at radius 3 is 1.59 bits per heavy atom. The number of rotatable bonds is 7. The van der Waals surface area contributed by atoms with Crippen molar-refractivity contribution in [3.8, 4) is 0 Å². The fourth-order valence-corrected chi connectivity index (χ4v) is 18.8. The molecule has 2 N–H and O–H groups in total. The largest absolute Gasteiger partial charge is 0.316 e. The van der Waals surface area contributed by atoms with Crippen molar-refractivity contribution in [1.82, 2.24) is 10.6 Å². The Bertz CT molecular complexity index is 824. The molecule has 0 aromatic heterocycles. The molecule has 0 aromatic carbocycles. The summed E-state index contributed by atoms with van der Waals surface area (Å²) < 4.78 is 0. The molecule has 0 spiro atoms. The topological polar surface area (TPSA) is 24.1 Å². The summed E-state index contributed by atoms with van der Waals surface area (Å²) >= 11 is 0. The van der Waals surface area contributed by atoms with E-state index in [1.54, 1.807) is 0 Å². The molecule has 214 valence electrons. The van der Waals surface area contributed by atoms with Crippen LogP contribution in [-0.2, 0) is 0 Å². The SMILES string of the molecule is CC(C)(C)P(CC1C(C(P)(C2CCCNC2)C2CCCNC2)=CC([Si](C)(C)C)=C1[Si](C)(C)C)C(C)(C)C. The predicted octanol–water partition coefficient (Wildman–Crippen LogP) is 8.29. The van der Waals surface area contributed by atoms with E-state index in [9.17, 15) is 0 Å². The van der Waals surface area contributed by atoms with Crippen molar-refractivity contribution in [3.05, 3.63) is 22.0 Å². The molecule has 0 bridgehead atoms. The summed E-state index contributed by atoms with van der Waals surface area (Å²) in [5.74, 6) is 2.06. The van der Waals surface area contributed by atoms with Gasteiger partial charge < -0.3 is 10.6 Å². The standard InChI is InChI=1S/C31H62N2P2Si2/c1-29(2,3)35(30(4,5)6)22-25-26(19-27(36(7,8)9)28(25)37(10,11)12)31(34,23-15-13-17-32-20-23)24-16-14-18-33-21-24/h19,23-25,32-33H,13-18,20-22,34H2,1-12H3. The molecule has 0 aromatic rings. The minimum atomic E-state index is -1.53. The summed E-state index contributed by atoms with van der Waals surface area (Å²) in [7, 11) is 0.423. The highest BCUT2D eigenvalue weighted by atomic mass is 31.1. The van der Waals surface area contributed by atoms with Gasteiger partial charge in [-0.15, -0.1) is 9.24 Å². The van der Waals surface area contributed by atoms with Gasteiger partial charge in [-0.2, -0.15) is 0 Å². The van der Waals surface area contributed by atoms with Gasteiger partial charge in [-0.1, -0.05) is 111 Å². The zero-order chi connectivity index (χ0) is 28.0. The lowest BCUT2D eigenvalue weighted by atomic mass is 9.68. The van der Waals surface area contributed by atoms with E-state index in [1.807, 2.05) is 16.0 Å². The van der Waals surface area contributed by atoms with Crippen molar-refractivity contribution >= 4 is 33.3 Å². The highest BCUT2D eigenvalue weighted by molar-refractivity contribution is 7.60. The van der Waals surface area contributed by atoms with E-state index in [0.29, 0.717) is 28.1 Å². The van der Waals surface area contributed by atoms with Crippen LogP contribution in [0.25, 0.3) is 0 Å². The summed E-state index contributed by atoms with van der Waals surface area (Å²) in [6.45, 7) is 35.7. The van der Waals surface area contributed by atoms with Crippen molar-refractivity contribution in [2.24, 2.45) is 17.8 Å². The zero-order valence-corrected chi connectivity index (χ0v) is 30.7. The van der Waals surface area contributed by atoms with Gasteiger partial charge in [0.1, 0.15) is 0 Å². The molecule has 37 heavy (non-hydrogen) atoms. The van der Waals surface area contributed by atoms with Gasteiger partial charge in [0.15, 0.2) is 0 Å². The molecular weight excluding hydrogens is 518 g/mol. The highest BCUT2D eigenvalue weighted by Crippen LogP contribution is 2.64. The molecule has 0 amide bonds. The van der Waals surface area contributed by atoms with Gasteiger partial charge in [0.2, 0.25) is 0 Å². The molecule has 3 aliphatic rings. The van der Waals surface area contributed by atoms with E-state index in [4.69, 9.17) is 0 Å². The summed E-state index contributed by atoms with van der Waals surface area (Å²) in [4.78, 5) is 0. The fourth-order valence-electron chi connectivity index (χ4n) is 7.90. The van der Waals surface area contributed by atoms with Crippen LogP contribution >= 0.6 is 17.2 Å². The van der Waals surface area contributed by atoms with E-state index >= 15 is 0 Å². The van der Waals surface area contributed by atoms with Gasteiger partial charge in [0, 0.05) is 11.1 Å². The maximum Gasteiger partial charge on any atom is 0.0770 e. The van der Waals surface area contributed by atoms with Crippen molar-refractivity contribution in [1.29, 1.82) is 0 Å². The monoisotopic (exact) mass is 580 g/mol. The van der Waals surface area contributed by atoms with Gasteiger partial charge in [-0.3, -0.25) is 0 Å². The van der Waals surface area contributed by atoms with Crippen LogP contribution in [0.4, 0.5) is 0 Å². The third-order valence-corrected chi connectivity index (χ3v) is 19.1. The lowest BCUT2D eigenvalue weighted by Gasteiger charge is -2.52. The van der Waals surface area contributed by atoms with Gasteiger partial charge in [-0.25, -0.2) is 0 Å². The van der Waals surface area contributed by atoms with E-state index < -0.39 is 16.1 Å². The number of hydrogen-bond donors (Lipinski definition) is 2. The maximum absolute atomic E-state index is 3.84. The van der Waals surface area contributed by atoms with Crippen molar-refractivity contribution in [2.75, 3.05) is 32.3 Å². The number of allylic oxidation sites excluding steroid dienone is 4. The smallest absolute Gasteiger partial charge is 0.0770 e. The second-order valence-electron chi connectivity index (χ2n) is 16.5. The molecule has 2 aliphatic heterocycles. The Morgan fingerprint density at radius 1 is 0.811 bits per heavy atom. The molecule has 6 heteroatoms. The molecule has 3 rings (SSSR count). The Kier molecular flexibility index (Phi) is 10.0. The summed E-state index contributed by atoms with van der Waals surface area (Å²) in [6, 6.07) is 0. The Balaban J connectivity index is 2.25. The van der Waals surface area contributed by atoms with Crippen molar-refractivity contribution < 1.29 is 0 Å². The lowest BCUT2D eigenvalue weighted by Crippen LogP contribution is -2.53. The van der Waals surface area contributed by atoms with Crippen molar-refractivity contribution in [2.45, 2.75) is 122 Å². The van der Waals surface area contributed by atoms with Crippen LogP contribution in [0.1, 0.15) is 67.2 Å². The quantitative estimate of drug-likeness (QED) is 0.234. The number of piperidine rings is 2. The zero-order valence-electron chi connectivity index (χ0n) is 26.7. The maximum atomic E-state index is 3.84. The minimum absolute atomic E-state index is 0.169. The average Bonchev–Trinajstić information content (AvgIpc) is 3.17. The first-order valence-electron chi connectivity index (χ1n) is 15.2. The molecule has 1 aliphatic carbocycles. The van der Waals surface area contributed by atoms with E-state index in [-0.39, 0.29) is 13.1 Å².